The van der Waals surface area contributed by atoms with E-state index in [0.29, 0.717) is 25.2 Å². The van der Waals surface area contributed by atoms with E-state index in [4.69, 9.17) is 9.57 Å². The molecule has 0 heterocycles. The second kappa shape index (κ2) is 10.8. The summed E-state index contributed by atoms with van der Waals surface area (Å²) in [4.78, 5) is 17.1. The molecule has 0 aromatic heterocycles. The Balaban J connectivity index is 0.00000324. The van der Waals surface area contributed by atoms with Crippen LogP contribution < -0.4 is 0 Å². The second-order valence-electron chi connectivity index (χ2n) is 3.80. The zero-order valence-corrected chi connectivity index (χ0v) is 12.3. The van der Waals surface area contributed by atoms with E-state index < -0.39 is 0 Å². The van der Waals surface area contributed by atoms with Crippen LogP contribution in [0.1, 0.15) is 30.6 Å². The number of esters is 1. The van der Waals surface area contributed by atoms with E-state index in [2.05, 4.69) is 0 Å². The van der Waals surface area contributed by atoms with Gasteiger partial charge in [-0.1, -0.05) is 32.0 Å². The summed E-state index contributed by atoms with van der Waals surface area (Å²) in [6, 6.07) is 9.00. The smallest absolute Gasteiger partial charge is 0.338 e. The molecule has 0 unspecified atom stereocenters. The normalized spacial score (nSPS) is 10.1. The number of nitrogens with zero attached hydrogens (tertiary/aromatic N) is 1. The van der Waals surface area contributed by atoms with Gasteiger partial charge in [0.2, 0.25) is 0 Å². The Kier molecular flexibility index (Phi) is 10.2. The lowest BCUT2D eigenvalue weighted by molar-refractivity contribution is -0.155. The van der Waals surface area contributed by atoms with Crippen LogP contribution >= 0.6 is 12.4 Å². The van der Waals surface area contributed by atoms with Crippen molar-refractivity contribution < 1.29 is 14.4 Å². The number of rotatable bonds is 8. The molecule has 1 aromatic rings. The highest BCUT2D eigenvalue weighted by Crippen LogP contribution is 2.01. The van der Waals surface area contributed by atoms with Crippen molar-refractivity contribution in [3.63, 3.8) is 0 Å². The molecule has 0 radical (unpaired) electrons. The van der Waals surface area contributed by atoms with Gasteiger partial charge in [0.25, 0.3) is 0 Å². The highest BCUT2D eigenvalue weighted by molar-refractivity contribution is 5.89. The molecule has 0 spiro atoms. The zero-order valence-electron chi connectivity index (χ0n) is 11.5. The van der Waals surface area contributed by atoms with Gasteiger partial charge < -0.3 is 4.74 Å². The predicted octanol–water partition coefficient (Wildman–Crippen LogP) is 2.93. The Hall–Kier alpha value is -1.10. The molecular formula is C14H22ClNO3. The van der Waals surface area contributed by atoms with Crippen molar-refractivity contribution in [2.24, 2.45) is 0 Å². The first-order valence-corrected chi connectivity index (χ1v) is 6.38. The number of carbonyl (C=O) groups excluding carboxylic acids is 1. The predicted molar refractivity (Wildman–Crippen MR) is 77.5 cm³/mol. The monoisotopic (exact) mass is 287 g/mol. The van der Waals surface area contributed by atoms with E-state index in [9.17, 15) is 4.79 Å². The minimum Gasteiger partial charge on any atom is -0.462 e. The fourth-order valence-corrected chi connectivity index (χ4v) is 1.48. The Morgan fingerprint density at radius 3 is 2.32 bits per heavy atom. The third-order valence-electron chi connectivity index (χ3n) is 2.51. The van der Waals surface area contributed by atoms with E-state index in [1.807, 2.05) is 37.1 Å². The number of carbonyl (C=O) groups is 1. The molecule has 0 aliphatic heterocycles. The van der Waals surface area contributed by atoms with E-state index in [1.165, 1.54) is 0 Å². The number of hydrogen-bond donors (Lipinski definition) is 0. The van der Waals surface area contributed by atoms with Gasteiger partial charge in [0.1, 0.15) is 0 Å². The lowest BCUT2D eigenvalue weighted by atomic mass is 10.2. The highest BCUT2D eigenvalue weighted by Gasteiger charge is 2.05. The highest BCUT2D eigenvalue weighted by atomic mass is 35.5. The number of hydroxylamine groups is 2. The van der Waals surface area contributed by atoms with Crippen molar-refractivity contribution >= 4 is 18.4 Å². The molecule has 0 saturated heterocycles. The standard InChI is InChI=1S/C14H21NO3.ClH/c1-3-15(4-2)18-12-8-11-17-14(16)13-9-6-5-7-10-13;/h5-7,9-10H,3-4,8,11-12H2,1-2H3;1H. The minimum absolute atomic E-state index is 0. The zero-order chi connectivity index (χ0) is 13.2. The summed E-state index contributed by atoms with van der Waals surface area (Å²) in [6.07, 6.45) is 0.703. The largest absolute Gasteiger partial charge is 0.462 e. The molecule has 0 amide bonds. The van der Waals surface area contributed by atoms with E-state index in [1.54, 1.807) is 12.1 Å². The average molecular weight is 288 g/mol. The molecule has 0 atom stereocenters. The summed E-state index contributed by atoms with van der Waals surface area (Å²) in [6.45, 7) is 6.76. The van der Waals surface area contributed by atoms with Crippen LogP contribution in [-0.4, -0.2) is 37.3 Å². The summed E-state index contributed by atoms with van der Waals surface area (Å²) in [5.74, 6) is -0.279. The van der Waals surface area contributed by atoms with Crippen LogP contribution in [0.15, 0.2) is 30.3 Å². The molecule has 4 nitrogen and oxygen atoms in total. The van der Waals surface area contributed by atoms with Gasteiger partial charge in [0.15, 0.2) is 0 Å². The van der Waals surface area contributed by atoms with Crippen molar-refractivity contribution in [3.8, 4) is 0 Å². The summed E-state index contributed by atoms with van der Waals surface area (Å²) < 4.78 is 5.14. The van der Waals surface area contributed by atoms with Gasteiger partial charge in [-0.15, -0.1) is 12.4 Å². The molecule has 0 aliphatic carbocycles. The molecule has 0 N–H and O–H groups in total. The van der Waals surface area contributed by atoms with E-state index in [-0.39, 0.29) is 18.4 Å². The number of hydrogen-bond acceptors (Lipinski definition) is 4. The van der Waals surface area contributed by atoms with Gasteiger partial charge >= 0.3 is 5.97 Å². The molecule has 108 valence electrons. The maximum atomic E-state index is 11.6. The number of ether oxygens (including phenoxy) is 1. The van der Waals surface area contributed by atoms with Crippen LogP contribution in [0.5, 0.6) is 0 Å². The summed E-state index contributed by atoms with van der Waals surface area (Å²) in [5.41, 5.74) is 0.585. The van der Waals surface area contributed by atoms with Crippen LogP contribution in [0.4, 0.5) is 0 Å². The van der Waals surface area contributed by atoms with Crippen molar-refractivity contribution in [2.75, 3.05) is 26.3 Å². The van der Waals surface area contributed by atoms with Crippen LogP contribution in [0, 0.1) is 0 Å². The average Bonchev–Trinajstić information content (AvgIpc) is 2.43. The SMILES string of the molecule is CCN(CC)OCCCOC(=O)c1ccccc1.Cl. The topological polar surface area (TPSA) is 38.8 Å². The molecule has 5 heteroatoms. The molecule has 0 bridgehead atoms. The van der Waals surface area contributed by atoms with Gasteiger partial charge in [-0.25, -0.2) is 4.79 Å². The Morgan fingerprint density at radius 1 is 1.11 bits per heavy atom. The third-order valence-corrected chi connectivity index (χ3v) is 2.51. The molecular weight excluding hydrogens is 266 g/mol. The first kappa shape index (κ1) is 17.9. The maximum absolute atomic E-state index is 11.6. The molecule has 0 saturated carbocycles. The van der Waals surface area contributed by atoms with Crippen molar-refractivity contribution in [1.29, 1.82) is 0 Å². The van der Waals surface area contributed by atoms with Gasteiger partial charge in [-0.05, 0) is 12.1 Å². The van der Waals surface area contributed by atoms with E-state index in [0.717, 1.165) is 13.1 Å². The molecule has 1 rings (SSSR count). The first-order chi connectivity index (χ1) is 8.77. The number of halogens is 1. The Bertz CT molecular complexity index is 342. The van der Waals surface area contributed by atoms with E-state index >= 15 is 0 Å². The van der Waals surface area contributed by atoms with Crippen LogP contribution in [0.25, 0.3) is 0 Å². The first-order valence-electron chi connectivity index (χ1n) is 6.38. The quantitative estimate of drug-likeness (QED) is 0.419. The van der Waals surface area contributed by atoms with Crippen molar-refractivity contribution in [1.82, 2.24) is 5.06 Å². The lowest BCUT2D eigenvalue weighted by Gasteiger charge is -2.17. The minimum atomic E-state index is -0.279. The van der Waals surface area contributed by atoms with Crippen LogP contribution in [0.2, 0.25) is 0 Å². The summed E-state index contributed by atoms with van der Waals surface area (Å²) in [5, 5.41) is 1.87. The molecule has 0 fully saturated rings. The molecule has 19 heavy (non-hydrogen) atoms. The summed E-state index contributed by atoms with van der Waals surface area (Å²) >= 11 is 0. The Labute approximate surface area is 121 Å². The maximum Gasteiger partial charge on any atom is 0.338 e. The van der Waals surface area contributed by atoms with Crippen LogP contribution in [0.3, 0.4) is 0 Å². The lowest BCUT2D eigenvalue weighted by Crippen LogP contribution is -2.24. The molecule has 1 aromatic carbocycles. The van der Waals surface area contributed by atoms with Crippen molar-refractivity contribution in [3.05, 3.63) is 35.9 Å². The van der Waals surface area contributed by atoms with Crippen molar-refractivity contribution in [2.45, 2.75) is 20.3 Å². The fraction of sp³-hybridized carbons (Fsp3) is 0.500. The molecule has 0 aliphatic rings. The third kappa shape index (κ3) is 7.15. The Morgan fingerprint density at radius 2 is 1.74 bits per heavy atom. The second-order valence-corrected chi connectivity index (χ2v) is 3.80. The van der Waals surface area contributed by atoms with Crippen LogP contribution in [-0.2, 0) is 9.57 Å². The van der Waals surface area contributed by atoms with Gasteiger partial charge in [0, 0.05) is 19.5 Å². The number of benzene rings is 1. The fourth-order valence-electron chi connectivity index (χ4n) is 1.48. The van der Waals surface area contributed by atoms with Gasteiger partial charge in [-0.3, -0.25) is 4.84 Å². The summed E-state index contributed by atoms with van der Waals surface area (Å²) in [7, 11) is 0. The van der Waals surface area contributed by atoms with Gasteiger partial charge in [0.05, 0.1) is 18.8 Å². The van der Waals surface area contributed by atoms with Gasteiger partial charge in [-0.2, -0.15) is 5.06 Å².